The van der Waals surface area contributed by atoms with Crippen LogP contribution in [0.4, 0.5) is 19.0 Å². The van der Waals surface area contributed by atoms with E-state index in [0.29, 0.717) is 18.0 Å². The topological polar surface area (TPSA) is 73.9 Å². The van der Waals surface area contributed by atoms with Crippen LogP contribution in [0.15, 0.2) is 42.9 Å². The third kappa shape index (κ3) is 4.33. The van der Waals surface area contributed by atoms with Crippen molar-refractivity contribution in [3.63, 3.8) is 0 Å². The zero-order valence-electron chi connectivity index (χ0n) is 19.5. The molecule has 1 aromatic carbocycles. The van der Waals surface area contributed by atoms with Crippen LogP contribution >= 0.6 is 0 Å². The minimum absolute atomic E-state index is 0.277. The number of rotatable bonds is 5. The van der Waals surface area contributed by atoms with Gasteiger partial charge in [-0.1, -0.05) is 24.3 Å². The summed E-state index contributed by atoms with van der Waals surface area (Å²) in [5.74, 6) is 1.75. The largest absolute Gasteiger partial charge is 0.480 e. The second-order valence-corrected chi connectivity index (χ2v) is 8.48. The molecule has 0 saturated carbocycles. The van der Waals surface area contributed by atoms with E-state index in [1.54, 1.807) is 26.3 Å². The summed E-state index contributed by atoms with van der Waals surface area (Å²) < 4.78 is 47.8. The average molecular weight is 483 g/mol. The number of alkyl halides is 3. The van der Waals surface area contributed by atoms with Gasteiger partial charge in [-0.3, -0.25) is 0 Å². The second kappa shape index (κ2) is 8.71. The molecule has 0 unspecified atom stereocenters. The minimum Gasteiger partial charge on any atom is -0.480 e. The molecule has 0 atom stereocenters. The molecule has 1 aliphatic rings. The van der Waals surface area contributed by atoms with Gasteiger partial charge in [0.2, 0.25) is 5.88 Å². The first kappa shape index (κ1) is 22.9. The Morgan fingerprint density at radius 2 is 1.86 bits per heavy atom. The monoisotopic (exact) mass is 483 g/mol. The van der Waals surface area contributed by atoms with Crippen LogP contribution in [0.1, 0.15) is 23.4 Å². The van der Waals surface area contributed by atoms with E-state index in [2.05, 4.69) is 19.9 Å². The van der Waals surface area contributed by atoms with E-state index in [9.17, 15) is 13.2 Å². The van der Waals surface area contributed by atoms with Gasteiger partial charge in [0.15, 0.2) is 5.69 Å². The van der Waals surface area contributed by atoms with Gasteiger partial charge in [-0.05, 0) is 18.9 Å². The van der Waals surface area contributed by atoms with Crippen LogP contribution in [0, 0.1) is 6.92 Å². The number of halogens is 3. The molecule has 5 rings (SSSR count). The van der Waals surface area contributed by atoms with Crippen molar-refractivity contribution in [2.45, 2.75) is 32.6 Å². The van der Waals surface area contributed by atoms with Gasteiger partial charge in [-0.15, -0.1) is 0 Å². The number of imidazole rings is 1. The van der Waals surface area contributed by atoms with E-state index in [0.717, 1.165) is 54.0 Å². The number of nitrogens with zero attached hydrogens (tertiary/aromatic N) is 7. The molecule has 8 nitrogen and oxygen atoms in total. The number of ether oxygens (including phenoxy) is 1. The lowest BCUT2D eigenvalue weighted by atomic mass is 10.1. The van der Waals surface area contributed by atoms with Crippen molar-refractivity contribution in [2.24, 2.45) is 7.05 Å². The Bertz CT molecular complexity index is 1360. The van der Waals surface area contributed by atoms with Crippen LogP contribution in [0.25, 0.3) is 22.6 Å². The zero-order valence-corrected chi connectivity index (χ0v) is 19.5. The molecule has 3 aromatic heterocycles. The highest BCUT2D eigenvalue weighted by molar-refractivity contribution is 5.70. The van der Waals surface area contributed by atoms with E-state index in [4.69, 9.17) is 9.84 Å². The third-order valence-corrected chi connectivity index (χ3v) is 6.08. The van der Waals surface area contributed by atoms with Gasteiger partial charge in [0.25, 0.3) is 0 Å². The molecule has 35 heavy (non-hydrogen) atoms. The molecular weight excluding hydrogens is 459 g/mol. The lowest BCUT2D eigenvalue weighted by Crippen LogP contribution is -2.31. The molecule has 0 fully saturated rings. The summed E-state index contributed by atoms with van der Waals surface area (Å²) in [4.78, 5) is 14.5. The summed E-state index contributed by atoms with van der Waals surface area (Å²) in [6.45, 7) is 4.21. The molecule has 0 bridgehead atoms. The Balaban J connectivity index is 1.39. The summed E-state index contributed by atoms with van der Waals surface area (Å²) in [7, 11) is 3.14. The zero-order chi connectivity index (χ0) is 24.7. The predicted octanol–water partition coefficient (Wildman–Crippen LogP) is 4.49. The van der Waals surface area contributed by atoms with Gasteiger partial charge < -0.3 is 14.2 Å². The van der Waals surface area contributed by atoms with Crippen LogP contribution in [0.3, 0.4) is 0 Å². The number of hydrogen-bond donors (Lipinski definition) is 0. The number of aryl methyl sites for hydroxylation is 3. The summed E-state index contributed by atoms with van der Waals surface area (Å²) in [6, 6.07) is 9.48. The Labute approximate surface area is 200 Å². The number of methoxy groups -OCH3 is 1. The molecule has 0 radical (unpaired) electrons. The van der Waals surface area contributed by atoms with Crippen molar-refractivity contribution in [1.29, 1.82) is 0 Å². The van der Waals surface area contributed by atoms with Crippen LogP contribution in [-0.4, -0.2) is 43.0 Å². The highest BCUT2D eigenvalue weighted by Crippen LogP contribution is 2.34. The first-order chi connectivity index (χ1) is 16.7. The molecule has 0 aliphatic carbocycles. The van der Waals surface area contributed by atoms with Gasteiger partial charge in [-0.25, -0.2) is 19.6 Å². The lowest BCUT2D eigenvalue weighted by Gasteiger charge is -2.29. The summed E-state index contributed by atoms with van der Waals surface area (Å²) in [6.07, 6.45) is -1.05. The number of benzene rings is 1. The van der Waals surface area contributed by atoms with Gasteiger partial charge in [0.1, 0.15) is 23.7 Å². The van der Waals surface area contributed by atoms with Gasteiger partial charge in [-0.2, -0.15) is 18.3 Å². The van der Waals surface area contributed by atoms with E-state index in [-0.39, 0.29) is 5.82 Å². The smallest absolute Gasteiger partial charge is 0.434 e. The van der Waals surface area contributed by atoms with Crippen molar-refractivity contribution in [3.05, 3.63) is 59.8 Å². The van der Waals surface area contributed by atoms with Crippen molar-refractivity contribution in [3.8, 4) is 28.5 Å². The predicted molar refractivity (Wildman–Crippen MR) is 124 cm³/mol. The Hall–Kier alpha value is -3.89. The number of aromatic nitrogens is 6. The fraction of sp³-hybridized carbons (Fsp3) is 0.333. The Morgan fingerprint density at radius 1 is 1.09 bits per heavy atom. The average Bonchev–Trinajstić information content (AvgIpc) is 3.43. The molecule has 182 valence electrons. The summed E-state index contributed by atoms with van der Waals surface area (Å²) >= 11 is 0. The standard InChI is InChI=1S/C24H24F3N7O/c1-15-21(23(35-3)29-14-28-15)18-11-20-33(9-4-10-34(20)31-18)12-16-5-7-17(8-6-16)22-30-19(13-32(22)2)24(25,26)27/h5-8,11,13-14H,4,9-10,12H2,1-3H3. The lowest BCUT2D eigenvalue weighted by molar-refractivity contribution is -0.140. The SMILES string of the molecule is COc1ncnc(C)c1-c1cc2n(n1)CCCN2Cc1ccc(-c2nc(C(F)(F)F)cn2C)cc1. The summed E-state index contributed by atoms with van der Waals surface area (Å²) in [5.41, 5.74) is 3.09. The van der Waals surface area contributed by atoms with Crippen molar-refractivity contribution >= 4 is 5.82 Å². The second-order valence-electron chi connectivity index (χ2n) is 8.48. The maximum Gasteiger partial charge on any atom is 0.434 e. The third-order valence-electron chi connectivity index (χ3n) is 6.08. The molecule has 4 aromatic rings. The van der Waals surface area contributed by atoms with Crippen LogP contribution in [0.5, 0.6) is 5.88 Å². The van der Waals surface area contributed by atoms with Crippen LogP contribution in [0.2, 0.25) is 0 Å². The van der Waals surface area contributed by atoms with E-state index in [1.807, 2.05) is 29.8 Å². The molecule has 1 aliphatic heterocycles. The Kier molecular flexibility index (Phi) is 5.70. The molecular formula is C24H24F3N7O. The highest BCUT2D eigenvalue weighted by Gasteiger charge is 2.34. The fourth-order valence-electron chi connectivity index (χ4n) is 4.39. The summed E-state index contributed by atoms with van der Waals surface area (Å²) in [5, 5.41) is 4.78. The van der Waals surface area contributed by atoms with Gasteiger partial charge in [0, 0.05) is 44.5 Å². The fourth-order valence-corrected chi connectivity index (χ4v) is 4.39. The van der Waals surface area contributed by atoms with Gasteiger partial charge >= 0.3 is 6.18 Å². The first-order valence-electron chi connectivity index (χ1n) is 11.1. The molecule has 0 spiro atoms. The molecule has 0 amide bonds. The molecule has 0 saturated heterocycles. The van der Waals surface area contributed by atoms with E-state index >= 15 is 0 Å². The van der Waals surface area contributed by atoms with Gasteiger partial charge in [0.05, 0.1) is 18.4 Å². The maximum absolute atomic E-state index is 13.0. The minimum atomic E-state index is -4.47. The first-order valence-corrected chi connectivity index (χ1v) is 11.1. The van der Waals surface area contributed by atoms with Crippen molar-refractivity contribution in [2.75, 3.05) is 18.6 Å². The molecule has 11 heteroatoms. The number of hydrogen-bond acceptors (Lipinski definition) is 6. The van der Waals surface area contributed by atoms with E-state index < -0.39 is 11.9 Å². The van der Waals surface area contributed by atoms with Crippen LogP contribution in [-0.2, 0) is 26.3 Å². The quantitative estimate of drug-likeness (QED) is 0.417. The number of fused-ring (bicyclic) bond motifs is 1. The number of anilines is 1. The van der Waals surface area contributed by atoms with Crippen LogP contribution < -0.4 is 9.64 Å². The molecule has 4 heterocycles. The van der Waals surface area contributed by atoms with E-state index in [1.165, 1.54) is 10.9 Å². The highest BCUT2D eigenvalue weighted by atomic mass is 19.4. The van der Waals surface area contributed by atoms with Crippen molar-refractivity contribution in [1.82, 2.24) is 29.3 Å². The normalized spacial score (nSPS) is 13.7. The molecule has 0 N–H and O–H groups in total. The Morgan fingerprint density at radius 3 is 2.54 bits per heavy atom. The van der Waals surface area contributed by atoms with Crippen molar-refractivity contribution < 1.29 is 17.9 Å². The maximum atomic E-state index is 13.0.